The van der Waals surface area contributed by atoms with Crippen molar-refractivity contribution in [3.8, 4) is 0 Å². The highest BCUT2D eigenvalue weighted by Gasteiger charge is 2.27. The van der Waals surface area contributed by atoms with Crippen LogP contribution in [0.5, 0.6) is 0 Å². The van der Waals surface area contributed by atoms with E-state index in [1.165, 1.54) is 0 Å². The standard InChI is InChI=1S/C8H14N2O3/c9-7(11)2-4-10-3-1-6(5-10)8(12)13/h6H,1-5H2,(H2,9,11)(H,12,13). The van der Waals surface area contributed by atoms with Crippen molar-refractivity contribution in [2.24, 2.45) is 11.7 Å². The molecular formula is C8H14N2O3. The van der Waals surface area contributed by atoms with Crippen molar-refractivity contribution in [1.29, 1.82) is 0 Å². The predicted molar refractivity (Wildman–Crippen MR) is 46.0 cm³/mol. The fraction of sp³-hybridized carbons (Fsp3) is 0.750. The molecule has 1 fully saturated rings. The van der Waals surface area contributed by atoms with Crippen molar-refractivity contribution in [3.05, 3.63) is 0 Å². The van der Waals surface area contributed by atoms with E-state index < -0.39 is 5.97 Å². The lowest BCUT2D eigenvalue weighted by molar-refractivity contribution is -0.141. The van der Waals surface area contributed by atoms with Crippen molar-refractivity contribution in [2.45, 2.75) is 12.8 Å². The molecule has 0 aliphatic carbocycles. The minimum atomic E-state index is -0.749. The van der Waals surface area contributed by atoms with Crippen LogP contribution in [0.2, 0.25) is 0 Å². The summed E-state index contributed by atoms with van der Waals surface area (Å²) in [6.45, 7) is 1.88. The van der Waals surface area contributed by atoms with E-state index in [2.05, 4.69) is 0 Å². The van der Waals surface area contributed by atoms with E-state index in [-0.39, 0.29) is 11.8 Å². The molecule has 0 aromatic carbocycles. The third kappa shape index (κ3) is 3.02. The number of carbonyl (C=O) groups is 2. The molecule has 1 atom stereocenters. The molecule has 5 nitrogen and oxygen atoms in total. The van der Waals surface area contributed by atoms with Crippen LogP contribution in [0.4, 0.5) is 0 Å². The number of primary amides is 1. The summed E-state index contributed by atoms with van der Waals surface area (Å²) in [7, 11) is 0. The highest BCUT2D eigenvalue weighted by molar-refractivity contribution is 5.74. The van der Waals surface area contributed by atoms with Gasteiger partial charge in [-0.2, -0.15) is 0 Å². The first kappa shape index (κ1) is 9.98. The van der Waals surface area contributed by atoms with Gasteiger partial charge in [0.1, 0.15) is 0 Å². The second-order valence-electron chi connectivity index (χ2n) is 3.34. The van der Waals surface area contributed by atoms with E-state index in [0.29, 0.717) is 25.9 Å². The molecule has 5 heteroatoms. The molecule has 13 heavy (non-hydrogen) atoms. The Labute approximate surface area is 76.5 Å². The highest BCUT2D eigenvalue weighted by atomic mass is 16.4. The molecule has 1 saturated heterocycles. The molecule has 1 unspecified atom stereocenters. The second kappa shape index (κ2) is 4.23. The zero-order valence-electron chi connectivity index (χ0n) is 7.40. The van der Waals surface area contributed by atoms with Crippen LogP contribution in [0.15, 0.2) is 0 Å². The number of carboxylic acids is 1. The first-order chi connectivity index (χ1) is 6.09. The Kier molecular flexibility index (Phi) is 3.25. The number of carbonyl (C=O) groups excluding carboxylic acids is 1. The monoisotopic (exact) mass is 186 g/mol. The Morgan fingerprint density at radius 3 is 2.69 bits per heavy atom. The fourth-order valence-corrected chi connectivity index (χ4v) is 1.51. The van der Waals surface area contributed by atoms with E-state index in [4.69, 9.17) is 10.8 Å². The van der Waals surface area contributed by atoms with Gasteiger partial charge < -0.3 is 15.7 Å². The van der Waals surface area contributed by atoms with Crippen LogP contribution in [0.25, 0.3) is 0 Å². The summed E-state index contributed by atoms with van der Waals surface area (Å²) in [6.07, 6.45) is 0.987. The smallest absolute Gasteiger partial charge is 0.307 e. The van der Waals surface area contributed by atoms with E-state index in [1.54, 1.807) is 0 Å². The SMILES string of the molecule is NC(=O)CCN1CCC(C(=O)O)C1. The van der Waals surface area contributed by atoms with E-state index in [9.17, 15) is 9.59 Å². The van der Waals surface area contributed by atoms with Crippen molar-refractivity contribution < 1.29 is 14.7 Å². The Hall–Kier alpha value is -1.10. The molecular weight excluding hydrogens is 172 g/mol. The average Bonchev–Trinajstić information content (AvgIpc) is 2.48. The van der Waals surface area contributed by atoms with Crippen molar-refractivity contribution >= 4 is 11.9 Å². The van der Waals surface area contributed by atoms with Crippen molar-refractivity contribution in [1.82, 2.24) is 4.90 Å². The van der Waals surface area contributed by atoms with Gasteiger partial charge in [-0.05, 0) is 13.0 Å². The van der Waals surface area contributed by atoms with Gasteiger partial charge in [0.25, 0.3) is 0 Å². The number of amides is 1. The minimum absolute atomic E-state index is 0.270. The maximum Gasteiger partial charge on any atom is 0.307 e. The molecule has 3 N–H and O–H groups in total. The molecule has 0 aromatic rings. The Morgan fingerprint density at radius 2 is 2.23 bits per heavy atom. The molecule has 1 heterocycles. The molecule has 0 spiro atoms. The second-order valence-corrected chi connectivity index (χ2v) is 3.34. The zero-order valence-corrected chi connectivity index (χ0v) is 7.40. The number of carboxylic acid groups (broad SMARTS) is 1. The van der Waals surface area contributed by atoms with Gasteiger partial charge in [0.15, 0.2) is 0 Å². The summed E-state index contributed by atoms with van der Waals surface area (Å²) >= 11 is 0. The lowest BCUT2D eigenvalue weighted by atomic mass is 10.1. The summed E-state index contributed by atoms with van der Waals surface area (Å²) < 4.78 is 0. The van der Waals surface area contributed by atoms with Crippen LogP contribution >= 0.6 is 0 Å². The predicted octanol–water partition coefficient (Wildman–Crippen LogP) is -0.732. The van der Waals surface area contributed by atoms with Gasteiger partial charge in [-0.25, -0.2) is 0 Å². The number of hydrogen-bond acceptors (Lipinski definition) is 3. The number of likely N-dealkylation sites (tertiary alicyclic amines) is 1. The summed E-state index contributed by atoms with van der Waals surface area (Å²) in [4.78, 5) is 23.0. The fourth-order valence-electron chi connectivity index (χ4n) is 1.51. The molecule has 0 bridgehead atoms. The van der Waals surface area contributed by atoms with Gasteiger partial charge in [-0.3, -0.25) is 9.59 Å². The van der Waals surface area contributed by atoms with E-state index in [0.717, 1.165) is 6.54 Å². The summed E-state index contributed by atoms with van der Waals surface area (Å²) in [6, 6.07) is 0. The van der Waals surface area contributed by atoms with Crippen LogP contribution in [0.1, 0.15) is 12.8 Å². The molecule has 0 saturated carbocycles. The zero-order chi connectivity index (χ0) is 9.84. The van der Waals surface area contributed by atoms with Crippen LogP contribution in [-0.4, -0.2) is 41.5 Å². The van der Waals surface area contributed by atoms with Crippen LogP contribution in [0, 0.1) is 5.92 Å². The topological polar surface area (TPSA) is 83.6 Å². The molecule has 0 radical (unpaired) electrons. The highest BCUT2D eigenvalue weighted by Crippen LogP contribution is 2.15. The van der Waals surface area contributed by atoms with Gasteiger partial charge in [-0.15, -0.1) is 0 Å². The van der Waals surface area contributed by atoms with Gasteiger partial charge in [0.05, 0.1) is 5.92 Å². The third-order valence-electron chi connectivity index (χ3n) is 2.30. The maximum atomic E-state index is 10.6. The first-order valence-electron chi connectivity index (χ1n) is 4.33. The molecule has 1 amide bonds. The molecule has 1 aliphatic heterocycles. The van der Waals surface area contributed by atoms with Crippen LogP contribution < -0.4 is 5.73 Å². The molecule has 1 aliphatic rings. The van der Waals surface area contributed by atoms with Gasteiger partial charge in [0.2, 0.25) is 5.91 Å². The third-order valence-corrected chi connectivity index (χ3v) is 2.30. The van der Waals surface area contributed by atoms with E-state index in [1.807, 2.05) is 4.90 Å². The molecule has 74 valence electrons. The van der Waals surface area contributed by atoms with Crippen molar-refractivity contribution in [3.63, 3.8) is 0 Å². The summed E-state index contributed by atoms with van der Waals surface area (Å²) in [5, 5.41) is 8.69. The first-order valence-corrected chi connectivity index (χ1v) is 4.33. The average molecular weight is 186 g/mol. The summed E-state index contributed by atoms with van der Waals surface area (Å²) in [5.41, 5.74) is 4.98. The number of rotatable bonds is 4. The quantitative estimate of drug-likeness (QED) is 0.606. The van der Waals surface area contributed by atoms with Crippen molar-refractivity contribution in [2.75, 3.05) is 19.6 Å². The van der Waals surface area contributed by atoms with Gasteiger partial charge in [-0.1, -0.05) is 0 Å². The number of aliphatic carboxylic acids is 1. The molecule has 0 aromatic heterocycles. The Bertz CT molecular complexity index is 217. The van der Waals surface area contributed by atoms with Crippen LogP contribution in [-0.2, 0) is 9.59 Å². The van der Waals surface area contributed by atoms with Crippen LogP contribution in [0.3, 0.4) is 0 Å². The lowest BCUT2D eigenvalue weighted by Gasteiger charge is -2.12. The minimum Gasteiger partial charge on any atom is -0.481 e. The van der Waals surface area contributed by atoms with Gasteiger partial charge in [0, 0.05) is 19.5 Å². The largest absolute Gasteiger partial charge is 0.481 e. The number of nitrogens with two attached hydrogens (primary N) is 1. The Morgan fingerprint density at radius 1 is 1.54 bits per heavy atom. The lowest BCUT2D eigenvalue weighted by Crippen LogP contribution is -2.27. The normalized spacial score (nSPS) is 23.2. The molecule has 1 rings (SSSR count). The van der Waals surface area contributed by atoms with E-state index >= 15 is 0 Å². The van der Waals surface area contributed by atoms with Gasteiger partial charge >= 0.3 is 5.97 Å². The maximum absolute atomic E-state index is 10.6. The number of hydrogen-bond donors (Lipinski definition) is 2. The summed E-state index contributed by atoms with van der Waals surface area (Å²) in [5.74, 6) is -1.35. The number of nitrogens with zero attached hydrogens (tertiary/aromatic N) is 1. The Balaban J connectivity index is 2.25.